The Morgan fingerprint density at radius 3 is 2.56 bits per heavy atom. The maximum atomic E-state index is 13.8. The minimum atomic E-state index is -0.704. The lowest BCUT2D eigenvalue weighted by Crippen LogP contribution is -2.23. The van der Waals surface area contributed by atoms with E-state index in [0.717, 1.165) is 31.0 Å². The van der Waals surface area contributed by atoms with Gasteiger partial charge in [0.25, 0.3) is 0 Å². The summed E-state index contributed by atoms with van der Waals surface area (Å²) in [7, 11) is 0. The van der Waals surface area contributed by atoms with Crippen LogP contribution >= 0.6 is 11.8 Å². The first kappa shape index (κ1) is 11.6. The summed E-state index contributed by atoms with van der Waals surface area (Å²) >= 11 is 0.989. The van der Waals surface area contributed by atoms with Gasteiger partial charge in [-0.05, 0) is 31.2 Å². The summed E-state index contributed by atoms with van der Waals surface area (Å²) in [5.41, 5.74) is 0.0375. The van der Waals surface area contributed by atoms with E-state index in [9.17, 15) is 13.6 Å². The van der Waals surface area contributed by atoms with Crippen molar-refractivity contribution >= 4 is 17.5 Å². The van der Waals surface area contributed by atoms with Crippen molar-refractivity contribution in [3.63, 3.8) is 0 Å². The molecule has 1 aromatic carbocycles. The number of Topliss-reactive ketones (excluding diaryl/α,β-unsaturated/α-hetero) is 1. The summed E-state index contributed by atoms with van der Waals surface area (Å²) < 4.78 is 27.0. The van der Waals surface area contributed by atoms with Gasteiger partial charge >= 0.3 is 0 Å². The first-order valence-corrected chi connectivity index (χ1v) is 6.44. The standard InChI is InChI=1S/C12H12F2OS/c1-16-12-9(13)6-5-8(10(12)14)11(15)7-3-2-4-7/h5-7H,2-4H2,1H3. The Balaban J connectivity index is 2.37. The van der Waals surface area contributed by atoms with Crippen molar-refractivity contribution in [1.29, 1.82) is 0 Å². The smallest absolute Gasteiger partial charge is 0.168 e. The lowest BCUT2D eigenvalue weighted by molar-refractivity contribution is 0.0850. The van der Waals surface area contributed by atoms with Crippen molar-refractivity contribution in [3.05, 3.63) is 29.3 Å². The highest BCUT2D eigenvalue weighted by molar-refractivity contribution is 7.98. The second kappa shape index (κ2) is 4.53. The van der Waals surface area contributed by atoms with E-state index in [4.69, 9.17) is 0 Å². The quantitative estimate of drug-likeness (QED) is 0.594. The van der Waals surface area contributed by atoms with Crippen LogP contribution in [0.25, 0.3) is 0 Å². The molecule has 0 atom stereocenters. The number of hydrogen-bond acceptors (Lipinski definition) is 2. The maximum Gasteiger partial charge on any atom is 0.168 e. The number of carbonyl (C=O) groups excluding carboxylic acids is 1. The lowest BCUT2D eigenvalue weighted by atomic mass is 9.80. The summed E-state index contributed by atoms with van der Waals surface area (Å²) in [6, 6.07) is 2.42. The van der Waals surface area contributed by atoms with Crippen molar-refractivity contribution in [1.82, 2.24) is 0 Å². The highest BCUT2D eigenvalue weighted by atomic mass is 32.2. The number of rotatable bonds is 3. The van der Waals surface area contributed by atoms with Crippen LogP contribution < -0.4 is 0 Å². The molecular weight excluding hydrogens is 230 g/mol. The van der Waals surface area contributed by atoms with Crippen LogP contribution in [0.3, 0.4) is 0 Å². The van der Waals surface area contributed by atoms with Crippen LogP contribution in [0.15, 0.2) is 17.0 Å². The number of thioether (sulfide) groups is 1. The van der Waals surface area contributed by atoms with Crippen molar-refractivity contribution in [2.45, 2.75) is 24.2 Å². The van der Waals surface area contributed by atoms with Gasteiger partial charge in [0.1, 0.15) is 5.82 Å². The van der Waals surface area contributed by atoms with E-state index in [2.05, 4.69) is 0 Å². The third kappa shape index (κ3) is 1.86. The summed E-state index contributed by atoms with van der Waals surface area (Å²) in [5, 5.41) is 0. The molecule has 86 valence electrons. The van der Waals surface area contributed by atoms with E-state index in [1.54, 1.807) is 6.26 Å². The van der Waals surface area contributed by atoms with Crippen LogP contribution in [0.5, 0.6) is 0 Å². The second-order valence-electron chi connectivity index (χ2n) is 3.93. The second-order valence-corrected chi connectivity index (χ2v) is 4.75. The fourth-order valence-electron chi connectivity index (χ4n) is 1.80. The molecule has 0 aliphatic heterocycles. The third-order valence-corrected chi connectivity index (χ3v) is 3.78. The molecule has 1 nitrogen and oxygen atoms in total. The minimum absolute atomic E-state index is 0.0375. The van der Waals surface area contributed by atoms with Gasteiger partial charge in [0.05, 0.1) is 10.5 Å². The fourth-order valence-corrected chi connectivity index (χ4v) is 2.35. The van der Waals surface area contributed by atoms with Gasteiger partial charge in [0.15, 0.2) is 11.6 Å². The van der Waals surface area contributed by atoms with Crippen molar-refractivity contribution in [2.75, 3.05) is 6.26 Å². The summed E-state index contributed by atoms with van der Waals surface area (Å²) in [5.74, 6) is -1.55. The molecule has 0 N–H and O–H groups in total. The molecule has 4 heteroatoms. The molecule has 0 saturated heterocycles. The van der Waals surface area contributed by atoms with Gasteiger partial charge in [0, 0.05) is 5.92 Å². The average Bonchev–Trinajstić information content (AvgIpc) is 2.15. The van der Waals surface area contributed by atoms with E-state index < -0.39 is 11.6 Å². The van der Waals surface area contributed by atoms with Gasteiger partial charge in [-0.1, -0.05) is 6.42 Å². The number of hydrogen-bond donors (Lipinski definition) is 0. The Morgan fingerprint density at radius 2 is 2.06 bits per heavy atom. The number of carbonyl (C=O) groups is 1. The molecule has 16 heavy (non-hydrogen) atoms. The van der Waals surface area contributed by atoms with Crippen LogP contribution in [0.4, 0.5) is 8.78 Å². The van der Waals surface area contributed by atoms with Gasteiger partial charge in [0.2, 0.25) is 0 Å². The zero-order valence-corrected chi connectivity index (χ0v) is 9.74. The molecule has 0 bridgehead atoms. The number of halogens is 2. The van der Waals surface area contributed by atoms with Gasteiger partial charge in [-0.2, -0.15) is 0 Å². The van der Waals surface area contributed by atoms with E-state index in [1.165, 1.54) is 12.1 Å². The van der Waals surface area contributed by atoms with Crippen molar-refractivity contribution < 1.29 is 13.6 Å². The van der Waals surface area contributed by atoms with Gasteiger partial charge in [-0.25, -0.2) is 8.78 Å². The average molecular weight is 242 g/mol. The predicted molar refractivity (Wildman–Crippen MR) is 59.8 cm³/mol. The summed E-state index contributed by atoms with van der Waals surface area (Å²) in [6.45, 7) is 0. The predicted octanol–water partition coefficient (Wildman–Crippen LogP) is 3.67. The molecule has 1 aromatic rings. The molecule has 2 rings (SSSR count). The highest BCUT2D eigenvalue weighted by Gasteiger charge is 2.29. The Labute approximate surface area is 97.2 Å². The summed E-state index contributed by atoms with van der Waals surface area (Å²) in [4.78, 5) is 11.8. The molecule has 1 saturated carbocycles. The molecule has 0 radical (unpaired) electrons. The zero-order chi connectivity index (χ0) is 11.7. The molecule has 0 heterocycles. The van der Waals surface area contributed by atoms with Crippen LogP contribution in [0, 0.1) is 17.6 Å². The lowest BCUT2D eigenvalue weighted by Gasteiger charge is -2.24. The summed E-state index contributed by atoms with van der Waals surface area (Å²) in [6.07, 6.45) is 4.27. The maximum absolute atomic E-state index is 13.8. The van der Waals surface area contributed by atoms with Crippen molar-refractivity contribution in [2.24, 2.45) is 5.92 Å². The molecule has 0 amide bonds. The topological polar surface area (TPSA) is 17.1 Å². The normalized spacial score (nSPS) is 15.9. The van der Waals surface area contributed by atoms with E-state index in [0.29, 0.717) is 0 Å². The first-order chi connectivity index (χ1) is 7.65. The number of benzene rings is 1. The molecule has 0 aromatic heterocycles. The van der Waals surface area contributed by atoms with Crippen LogP contribution in [-0.2, 0) is 0 Å². The van der Waals surface area contributed by atoms with Crippen LogP contribution in [0.1, 0.15) is 29.6 Å². The third-order valence-electron chi connectivity index (χ3n) is 2.99. The van der Waals surface area contributed by atoms with Gasteiger partial charge in [-0.15, -0.1) is 11.8 Å². The number of ketones is 1. The molecule has 1 fully saturated rings. The highest BCUT2D eigenvalue weighted by Crippen LogP contribution is 2.33. The van der Waals surface area contributed by atoms with Gasteiger partial charge in [-0.3, -0.25) is 4.79 Å². The molecule has 1 aliphatic carbocycles. The minimum Gasteiger partial charge on any atom is -0.294 e. The largest absolute Gasteiger partial charge is 0.294 e. The van der Waals surface area contributed by atoms with Crippen LogP contribution in [0.2, 0.25) is 0 Å². The Bertz CT molecular complexity index is 427. The van der Waals surface area contributed by atoms with Crippen molar-refractivity contribution in [3.8, 4) is 0 Å². The SMILES string of the molecule is CSc1c(F)ccc(C(=O)C2CCC2)c1F. The van der Waals surface area contributed by atoms with Gasteiger partial charge < -0.3 is 0 Å². The zero-order valence-electron chi connectivity index (χ0n) is 8.93. The van der Waals surface area contributed by atoms with E-state index >= 15 is 0 Å². The Kier molecular flexibility index (Phi) is 3.28. The molecule has 1 aliphatic rings. The first-order valence-electron chi connectivity index (χ1n) is 5.21. The van der Waals surface area contributed by atoms with Crippen LogP contribution in [-0.4, -0.2) is 12.0 Å². The van der Waals surface area contributed by atoms with E-state index in [1.807, 2.05) is 0 Å². The van der Waals surface area contributed by atoms with E-state index in [-0.39, 0.29) is 22.2 Å². The molecular formula is C12H12F2OS. The monoisotopic (exact) mass is 242 g/mol. The molecule has 0 unspecified atom stereocenters. The fraction of sp³-hybridized carbons (Fsp3) is 0.417. The Morgan fingerprint density at radius 1 is 1.38 bits per heavy atom. The Hall–Kier alpha value is -0.900. The molecule has 0 spiro atoms.